The normalized spacial score (nSPS) is 15.8. The highest BCUT2D eigenvalue weighted by Gasteiger charge is 2.30. The van der Waals surface area contributed by atoms with E-state index >= 15 is 0 Å². The van der Waals surface area contributed by atoms with Crippen LogP contribution in [-0.4, -0.2) is 75.8 Å². The summed E-state index contributed by atoms with van der Waals surface area (Å²) in [4.78, 5) is 24.8. The Bertz CT molecular complexity index is 904. The highest BCUT2D eigenvalue weighted by atomic mass is 32.2. The van der Waals surface area contributed by atoms with Crippen LogP contribution < -0.4 is 0 Å². The fourth-order valence-electron chi connectivity index (χ4n) is 2.63. The van der Waals surface area contributed by atoms with Crippen molar-refractivity contribution in [3.63, 3.8) is 0 Å². The molecular formula is C15H17N5O5S. The summed E-state index contributed by atoms with van der Waals surface area (Å²) >= 11 is 0. The number of aromatic nitrogens is 3. The average Bonchev–Trinajstić information content (AvgIpc) is 3.11. The topological polar surface area (TPSA) is 126 Å². The molecule has 0 atom stereocenters. The van der Waals surface area contributed by atoms with Gasteiger partial charge < -0.3 is 10.0 Å². The van der Waals surface area contributed by atoms with Crippen LogP contribution in [0.3, 0.4) is 0 Å². The molecule has 3 rings (SSSR count). The molecule has 26 heavy (non-hydrogen) atoms. The maximum atomic E-state index is 12.6. The molecule has 1 aromatic heterocycles. The Balaban J connectivity index is 1.59. The highest BCUT2D eigenvalue weighted by Crippen LogP contribution is 2.17. The van der Waals surface area contributed by atoms with Gasteiger partial charge in [0, 0.05) is 26.2 Å². The zero-order valence-electron chi connectivity index (χ0n) is 13.7. The van der Waals surface area contributed by atoms with Gasteiger partial charge in [0.05, 0.1) is 11.1 Å². The molecule has 0 unspecified atom stereocenters. The van der Waals surface area contributed by atoms with Gasteiger partial charge >= 0.3 is 5.97 Å². The van der Waals surface area contributed by atoms with Crippen molar-refractivity contribution in [3.8, 4) is 0 Å². The SMILES string of the molecule is O=C(O)c1cn(CC(=O)N2CCN(S(=O)(=O)c3ccccc3)CC2)nn1. The first-order chi connectivity index (χ1) is 12.4. The Hall–Kier alpha value is -2.79. The monoisotopic (exact) mass is 379 g/mol. The van der Waals surface area contributed by atoms with Crippen molar-refractivity contribution in [1.82, 2.24) is 24.2 Å². The molecule has 1 N–H and O–H groups in total. The second-order valence-corrected chi connectivity index (χ2v) is 7.64. The molecule has 0 bridgehead atoms. The molecule has 1 aromatic carbocycles. The lowest BCUT2D eigenvalue weighted by molar-refractivity contribution is -0.133. The third-order valence-corrected chi connectivity index (χ3v) is 5.94. The Kier molecular flexibility index (Phi) is 5.00. The second kappa shape index (κ2) is 7.22. The number of carbonyl (C=O) groups is 2. The van der Waals surface area contributed by atoms with Crippen molar-refractivity contribution >= 4 is 21.9 Å². The Morgan fingerprint density at radius 3 is 2.31 bits per heavy atom. The predicted octanol–water partition coefficient (Wildman–Crippen LogP) is -0.491. The molecule has 1 amide bonds. The standard InChI is InChI=1S/C15H17N5O5S/c21-14(11-19-10-13(15(22)23)16-17-19)18-6-8-20(9-7-18)26(24,25)12-4-2-1-3-5-12/h1-5,10H,6-9,11H2,(H,22,23). The summed E-state index contributed by atoms with van der Waals surface area (Å²) < 4.78 is 27.6. The molecular weight excluding hydrogens is 362 g/mol. The zero-order chi connectivity index (χ0) is 18.7. The predicted molar refractivity (Wildman–Crippen MR) is 88.8 cm³/mol. The number of carbonyl (C=O) groups excluding carboxylic acids is 1. The van der Waals surface area contributed by atoms with Crippen molar-refractivity contribution in [2.45, 2.75) is 11.4 Å². The molecule has 1 aliphatic rings. The number of aromatic carboxylic acids is 1. The molecule has 1 aliphatic heterocycles. The number of amides is 1. The van der Waals surface area contributed by atoms with Crippen molar-refractivity contribution in [2.24, 2.45) is 0 Å². The number of carboxylic acids is 1. The molecule has 2 heterocycles. The number of hydrogen-bond acceptors (Lipinski definition) is 6. The number of carboxylic acid groups (broad SMARTS) is 1. The van der Waals surface area contributed by atoms with Gasteiger partial charge in [-0.15, -0.1) is 5.10 Å². The molecule has 0 radical (unpaired) electrons. The lowest BCUT2D eigenvalue weighted by Crippen LogP contribution is -2.51. The van der Waals surface area contributed by atoms with Gasteiger partial charge in [-0.25, -0.2) is 17.9 Å². The van der Waals surface area contributed by atoms with E-state index in [-0.39, 0.29) is 49.2 Å². The summed E-state index contributed by atoms with van der Waals surface area (Å²) in [6.07, 6.45) is 1.18. The minimum absolute atomic E-state index is 0.147. The average molecular weight is 379 g/mol. The molecule has 0 spiro atoms. The van der Waals surface area contributed by atoms with E-state index in [0.29, 0.717) is 0 Å². The molecule has 10 nitrogen and oxygen atoms in total. The summed E-state index contributed by atoms with van der Waals surface area (Å²) in [6.45, 7) is 0.754. The van der Waals surface area contributed by atoms with E-state index in [0.717, 1.165) is 4.68 Å². The van der Waals surface area contributed by atoms with Crippen LogP contribution in [0, 0.1) is 0 Å². The summed E-state index contributed by atoms with van der Waals surface area (Å²) in [6, 6.07) is 8.15. The first kappa shape index (κ1) is 18.0. The van der Waals surface area contributed by atoms with Crippen molar-refractivity contribution in [2.75, 3.05) is 26.2 Å². The molecule has 0 aliphatic carbocycles. The quantitative estimate of drug-likeness (QED) is 0.743. The lowest BCUT2D eigenvalue weighted by Gasteiger charge is -2.34. The van der Waals surface area contributed by atoms with Crippen LogP contribution in [-0.2, 0) is 21.4 Å². The van der Waals surface area contributed by atoms with E-state index in [4.69, 9.17) is 5.11 Å². The molecule has 11 heteroatoms. The van der Waals surface area contributed by atoms with Gasteiger partial charge in [0.25, 0.3) is 0 Å². The fraction of sp³-hybridized carbons (Fsp3) is 0.333. The molecule has 1 saturated heterocycles. The van der Waals surface area contributed by atoms with Gasteiger partial charge in [-0.05, 0) is 12.1 Å². The first-order valence-electron chi connectivity index (χ1n) is 7.84. The van der Waals surface area contributed by atoms with E-state index < -0.39 is 16.0 Å². The van der Waals surface area contributed by atoms with Gasteiger partial charge in [0.2, 0.25) is 15.9 Å². The Labute approximate surface area is 149 Å². The summed E-state index contributed by atoms with van der Waals surface area (Å²) in [5.74, 6) is -1.49. The summed E-state index contributed by atoms with van der Waals surface area (Å²) in [5.41, 5.74) is -0.239. The van der Waals surface area contributed by atoms with E-state index in [1.807, 2.05) is 0 Å². The van der Waals surface area contributed by atoms with Crippen LogP contribution >= 0.6 is 0 Å². The molecule has 1 fully saturated rings. The minimum atomic E-state index is -3.57. The van der Waals surface area contributed by atoms with Crippen molar-refractivity contribution < 1.29 is 23.1 Å². The van der Waals surface area contributed by atoms with Crippen molar-refractivity contribution in [1.29, 1.82) is 0 Å². The number of rotatable bonds is 5. The molecule has 138 valence electrons. The number of nitrogens with zero attached hydrogens (tertiary/aromatic N) is 5. The fourth-order valence-corrected chi connectivity index (χ4v) is 4.07. The summed E-state index contributed by atoms with van der Waals surface area (Å²) in [5, 5.41) is 15.9. The maximum absolute atomic E-state index is 12.6. The van der Waals surface area contributed by atoms with Crippen LogP contribution in [0.4, 0.5) is 0 Å². The van der Waals surface area contributed by atoms with Crippen LogP contribution in [0.5, 0.6) is 0 Å². The van der Waals surface area contributed by atoms with Crippen LogP contribution in [0.25, 0.3) is 0 Å². The van der Waals surface area contributed by atoms with E-state index in [1.54, 1.807) is 18.2 Å². The lowest BCUT2D eigenvalue weighted by atomic mass is 10.3. The largest absolute Gasteiger partial charge is 0.476 e. The van der Waals surface area contributed by atoms with Gasteiger partial charge in [-0.1, -0.05) is 23.4 Å². The highest BCUT2D eigenvalue weighted by molar-refractivity contribution is 7.89. The minimum Gasteiger partial charge on any atom is -0.476 e. The zero-order valence-corrected chi connectivity index (χ0v) is 14.5. The van der Waals surface area contributed by atoms with Gasteiger partial charge in [0.15, 0.2) is 5.69 Å². The molecule has 0 saturated carbocycles. The third-order valence-electron chi connectivity index (χ3n) is 4.03. The number of hydrogen-bond donors (Lipinski definition) is 1. The van der Waals surface area contributed by atoms with Crippen LogP contribution in [0.2, 0.25) is 0 Å². The summed E-state index contributed by atoms with van der Waals surface area (Å²) in [7, 11) is -3.57. The Morgan fingerprint density at radius 2 is 1.73 bits per heavy atom. The van der Waals surface area contributed by atoms with Crippen LogP contribution in [0.1, 0.15) is 10.5 Å². The van der Waals surface area contributed by atoms with Crippen LogP contribution in [0.15, 0.2) is 41.4 Å². The van der Waals surface area contributed by atoms with Crippen molar-refractivity contribution in [3.05, 3.63) is 42.2 Å². The Morgan fingerprint density at radius 1 is 1.08 bits per heavy atom. The van der Waals surface area contributed by atoms with E-state index in [2.05, 4.69) is 10.3 Å². The smallest absolute Gasteiger partial charge is 0.358 e. The van der Waals surface area contributed by atoms with Gasteiger partial charge in [-0.2, -0.15) is 4.31 Å². The van der Waals surface area contributed by atoms with E-state index in [1.165, 1.54) is 27.5 Å². The number of benzene rings is 1. The second-order valence-electron chi connectivity index (χ2n) is 5.70. The van der Waals surface area contributed by atoms with E-state index in [9.17, 15) is 18.0 Å². The maximum Gasteiger partial charge on any atom is 0.358 e. The first-order valence-corrected chi connectivity index (χ1v) is 9.28. The third kappa shape index (κ3) is 3.73. The van der Waals surface area contributed by atoms with Gasteiger partial charge in [-0.3, -0.25) is 4.79 Å². The molecule has 2 aromatic rings. The number of piperazine rings is 1. The van der Waals surface area contributed by atoms with Gasteiger partial charge in [0.1, 0.15) is 6.54 Å². The number of sulfonamides is 1.